The Balaban J connectivity index is 0.000000147. The van der Waals surface area contributed by atoms with Crippen molar-refractivity contribution in [1.29, 1.82) is 0 Å². The van der Waals surface area contributed by atoms with Crippen molar-refractivity contribution in [3.05, 3.63) is 234 Å². The molecule has 0 atom stereocenters. The largest absolute Gasteiger partial charge is 0.213 e. The van der Waals surface area contributed by atoms with E-state index in [-0.39, 0.29) is 0 Å². The second kappa shape index (κ2) is 21.6. The summed E-state index contributed by atoms with van der Waals surface area (Å²) in [5.41, 5.74) is 23.1. The Kier molecular flexibility index (Phi) is 15.3. The lowest BCUT2D eigenvalue weighted by Crippen LogP contribution is -2.30. The van der Waals surface area contributed by atoms with Crippen LogP contribution in [0.5, 0.6) is 0 Å². The molecule has 0 aliphatic carbocycles. The van der Waals surface area contributed by atoms with Crippen LogP contribution in [0.3, 0.4) is 0 Å². The van der Waals surface area contributed by atoms with Gasteiger partial charge in [-0.05, 0) is 119 Å². The molecule has 3 aromatic heterocycles. The molecular weight excluding hydrogens is 799 g/mol. The van der Waals surface area contributed by atoms with Gasteiger partial charge in [-0.1, -0.05) is 154 Å². The standard InChI is InChI=1S/C22H24N.C21H22N.C20H20N/c1-16(2)18-9-11-19(12-10-18)20-13-14-23(4)22(15-20)21-8-6-5-7-17(21)3;1-4-17-9-11-18(12-10-17)19-13-14-22(3)21(15-19)20-8-6-5-7-16(20)2;1-15-8-10-17(11-9-15)18-12-13-21(3)20(14-18)19-7-5-4-6-16(19)2/h5-16H,1-4H3;5-15H,4H2,1-3H3;4-14H,1-3H3/q3*+1. The van der Waals surface area contributed by atoms with E-state index in [0.717, 1.165) is 6.42 Å². The van der Waals surface area contributed by atoms with E-state index >= 15 is 0 Å². The van der Waals surface area contributed by atoms with E-state index in [4.69, 9.17) is 0 Å². The summed E-state index contributed by atoms with van der Waals surface area (Å²) in [5.74, 6) is 0.570. The monoisotopic (exact) mass is 865 g/mol. The molecule has 0 bridgehead atoms. The van der Waals surface area contributed by atoms with Gasteiger partial charge < -0.3 is 0 Å². The molecule has 0 amide bonds. The lowest BCUT2D eigenvalue weighted by atomic mass is 9.97. The molecule has 0 spiro atoms. The average molecular weight is 865 g/mol. The molecule has 0 N–H and O–H groups in total. The number of hydrogen-bond donors (Lipinski definition) is 0. The van der Waals surface area contributed by atoms with E-state index in [1.807, 2.05) is 0 Å². The van der Waals surface area contributed by atoms with Gasteiger partial charge in [-0.25, -0.2) is 13.7 Å². The highest BCUT2D eigenvalue weighted by molar-refractivity contribution is 5.73. The van der Waals surface area contributed by atoms with Crippen LogP contribution < -0.4 is 13.7 Å². The van der Waals surface area contributed by atoms with Crippen molar-refractivity contribution in [2.75, 3.05) is 0 Å². The van der Waals surface area contributed by atoms with Crippen molar-refractivity contribution in [3.63, 3.8) is 0 Å². The summed E-state index contributed by atoms with van der Waals surface area (Å²) in [6.45, 7) is 15.3. The second-order valence-corrected chi connectivity index (χ2v) is 17.9. The molecule has 0 unspecified atom stereocenters. The Morgan fingerprint density at radius 2 is 0.682 bits per heavy atom. The fourth-order valence-corrected chi connectivity index (χ4v) is 8.37. The third kappa shape index (κ3) is 11.3. The number of benzene rings is 6. The molecule has 3 heterocycles. The molecule has 6 aromatic carbocycles. The molecule has 9 aromatic rings. The maximum atomic E-state index is 2.28. The van der Waals surface area contributed by atoms with Gasteiger partial charge in [0.15, 0.2) is 18.6 Å². The molecule has 3 heteroatoms. The lowest BCUT2D eigenvalue weighted by molar-refractivity contribution is -0.660. The zero-order valence-corrected chi connectivity index (χ0v) is 40.7. The number of hydrogen-bond acceptors (Lipinski definition) is 0. The maximum absolute atomic E-state index is 2.28. The molecule has 0 aliphatic rings. The highest BCUT2D eigenvalue weighted by atomic mass is 14.9. The minimum absolute atomic E-state index is 0.570. The Bertz CT molecular complexity index is 3030. The molecule has 0 radical (unpaired) electrons. The first kappa shape index (κ1) is 46.8. The van der Waals surface area contributed by atoms with Crippen LogP contribution in [0.2, 0.25) is 0 Å². The molecule has 0 fully saturated rings. The van der Waals surface area contributed by atoms with Crippen LogP contribution in [0.25, 0.3) is 67.2 Å². The topological polar surface area (TPSA) is 11.6 Å². The molecule has 66 heavy (non-hydrogen) atoms. The summed E-state index contributed by atoms with van der Waals surface area (Å²) in [4.78, 5) is 0. The van der Waals surface area contributed by atoms with Crippen molar-refractivity contribution >= 4 is 0 Å². The SMILES string of the molecule is CCc1ccc(-c2cc[n+](C)c(-c3ccccc3C)c2)cc1.Cc1ccc(-c2cc[n+](C)c(-c3ccccc3C)c2)cc1.Cc1ccccc1-c1cc(-c2ccc(C(C)C)cc2)cc[n+]1C. The van der Waals surface area contributed by atoms with Crippen LogP contribution in [-0.4, -0.2) is 0 Å². The predicted octanol–water partition coefficient (Wildman–Crippen LogP) is 14.5. The first-order valence-electron chi connectivity index (χ1n) is 23.3. The van der Waals surface area contributed by atoms with Gasteiger partial charge >= 0.3 is 0 Å². The van der Waals surface area contributed by atoms with Gasteiger partial charge in [0.05, 0.1) is 0 Å². The number of pyridine rings is 3. The molecule has 330 valence electrons. The third-order valence-electron chi connectivity index (χ3n) is 12.7. The van der Waals surface area contributed by atoms with Gasteiger partial charge in [0.25, 0.3) is 0 Å². The van der Waals surface area contributed by atoms with Crippen molar-refractivity contribution < 1.29 is 13.7 Å². The number of rotatable bonds is 8. The van der Waals surface area contributed by atoms with Crippen LogP contribution in [0.1, 0.15) is 60.1 Å². The third-order valence-corrected chi connectivity index (χ3v) is 12.7. The highest BCUT2D eigenvalue weighted by Gasteiger charge is 2.16. The zero-order chi connectivity index (χ0) is 46.7. The Labute approximate surface area is 395 Å². The molecule has 0 saturated carbocycles. The summed E-state index contributed by atoms with van der Waals surface area (Å²) < 4.78 is 6.56. The molecular formula is C63H66N3+3. The number of aromatic nitrogens is 3. The van der Waals surface area contributed by atoms with E-state index in [1.165, 1.54) is 101 Å². The first-order valence-corrected chi connectivity index (χ1v) is 23.3. The fourth-order valence-electron chi connectivity index (χ4n) is 8.37. The predicted molar refractivity (Wildman–Crippen MR) is 278 cm³/mol. The van der Waals surface area contributed by atoms with Crippen LogP contribution in [0.15, 0.2) is 201 Å². The van der Waals surface area contributed by atoms with E-state index in [9.17, 15) is 0 Å². The van der Waals surface area contributed by atoms with Gasteiger partial charge in [0.1, 0.15) is 21.1 Å². The normalized spacial score (nSPS) is 10.8. The first-order chi connectivity index (χ1) is 31.9. The van der Waals surface area contributed by atoms with Crippen LogP contribution >= 0.6 is 0 Å². The summed E-state index contributed by atoms with van der Waals surface area (Å²) >= 11 is 0. The van der Waals surface area contributed by atoms with E-state index in [1.54, 1.807) is 0 Å². The zero-order valence-electron chi connectivity index (χ0n) is 40.7. The van der Waals surface area contributed by atoms with Crippen LogP contribution in [0.4, 0.5) is 0 Å². The van der Waals surface area contributed by atoms with Crippen LogP contribution in [0, 0.1) is 27.7 Å². The van der Waals surface area contributed by atoms with E-state index < -0.39 is 0 Å². The van der Waals surface area contributed by atoms with E-state index in [0.29, 0.717) is 5.92 Å². The highest BCUT2D eigenvalue weighted by Crippen LogP contribution is 2.29. The van der Waals surface area contributed by atoms with Gasteiger partial charge in [-0.3, -0.25) is 0 Å². The van der Waals surface area contributed by atoms with Gasteiger partial charge in [0, 0.05) is 53.1 Å². The quantitative estimate of drug-likeness (QED) is 0.135. The van der Waals surface area contributed by atoms with Crippen molar-refractivity contribution in [2.24, 2.45) is 21.1 Å². The Morgan fingerprint density at radius 1 is 0.364 bits per heavy atom. The molecule has 0 saturated heterocycles. The fraction of sp³-hybridized carbons (Fsp3) is 0.190. The summed E-state index contributed by atoms with van der Waals surface area (Å²) in [6.07, 6.45) is 7.51. The molecule has 9 rings (SSSR count). The summed E-state index contributed by atoms with van der Waals surface area (Å²) in [7, 11) is 6.31. The van der Waals surface area contributed by atoms with E-state index in [2.05, 4.69) is 284 Å². The van der Waals surface area contributed by atoms with Crippen LogP contribution in [-0.2, 0) is 27.6 Å². The smallest absolute Gasteiger partial charge is 0.201 e. The molecule has 3 nitrogen and oxygen atoms in total. The summed E-state index contributed by atoms with van der Waals surface area (Å²) in [5, 5.41) is 0. The van der Waals surface area contributed by atoms with Gasteiger partial charge in [-0.2, -0.15) is 0 Å². The van der Waals surface area contributed by atoms with Crippen molar-refractivity contribution in [3.8, 4) is 67.2 Å². The number of aryl methyl sites for hydroxylation is 8. The Hall–Kier alpha value is -7.23. The van der Waals surface area contributed by atoms with Gasteiger partial charge in [-0.15, -0.1) is 0 Å². The summed E-state index contributed by atoms with van der Waals surface area (Å²) in [6, 6.07) is 65.5. The second-order valence-electron chi connectivity index (χ2n) is 17.9. The lowest BCUT2D eigenvalue weighted by Gasteiger charge is -2.09. The average Bonchev–Trinajstić information content (AvgIpc) is 3.34. The van der Waals surface area contributed by atoms with Crippen molar-refractivity contribution in [2.45, 2.75) is 60.8 Å². The molecule has 0 aliphatic heterocycles. The number of nitrogens with zero attached hydrogens (tertiary/aromatic N) is 3. The maximum Gasteiger partial charge on any atom is 0.213 e. The minimum Gasteiger partial charge on any atom is -0.201 e. The minimum atomic E-state index is 0.570. The van der Waals surface area contributed by atoms with Crippen molar-refractivity contribution in [1.82, 2.24) is 0 Å². The van der Waals surface area contributed by atoms with Gasteiger partial charge in [0.2, 0.25) is 17.1 Å². The Morgan fingerprint density at radius 3 is 1.00 bits per heavy atom.